The Bertz CT molecular complexity index is 7730. The normalized spacial score (nSPS) is 8.96. The number of carboxylic acid groups (broad SMARTS) is 2. The molecule has 630 valence electrons. The molecule has 0 bridgehead atoms. The third-order valence-electron chi connectivity index (χ3n) is 17.0. The van der Waals surface area contributed by atoms with E-state index in [9.17, 15) is 0 Å². The molecule has 2 N–H and O–H groups in total. The number of ether oxygens (including phenoxy) is 2. The molecule has 14 heteroatoms. The van der Waals surface area contributed by atoms with Crippen LogP contribution in [-0.4, -0.2) is 50.9 Å². The fourth-order valence-electron chi connectivity index (χ4n) is 11.2. The quantitative estimate of drug-likeness (QED) is 0.0712. The Hall–Kier alpha value is -17.8. The van der Waals surface area contributed by atoms with E-state index in [2.05, 4.69) is 501 Å². The van der Waals surface area contributed by atoms with Crippen LogP contribution in [0.2, 0.25) is 0 Å². The molecule has 0 aliphatic rings. The molecule has 0 saturated heterocycles. The van der Waals surface area contributed by atoms with Crippen LogP contribution in [0.15, 0.2) is 171 Å². The topological polar surface area (TPSA) is 153 Å². The number of hydrogen-bond acceptors (Lipinski definition) is 8. The van der Waals surface area contributed by atoms with Crippen molar-refractivity contribution in [2.45, 2.75) is 126 Å². The van der Waals surface area contributed by atoms with Gasteiger partial charge in [-0.25, -0.2) is 4.98 Å². The van der Waals surface area contributed by atoms with Crippen molar-refractivity contribution >= 4 is 66.6 Å². The maximum Gasteiger partial charge on any atom is 2.00 e. The summed E-state index contributed by atoms with van der Waals surface area (Å²) in [5, 5.41) is 21.4. The van der Waals surface area contributed by atoms with Gasteiger partial charge in [0.15, 0.2) is 0 Å². The Balaban J connectivity index is 0.000000288. The third kappa shape index (κ3) is 34.0. The average Bonchev–Trinajstić information content (AvgIpc) is 1.69. The van der Waals surface area contributed by atoms with E-state index >= 15 is 0 Å². The largest absolute Gasteiger partial charge is 2.00 e. The van der Waals surface area contributed by atoms with Crippen LogP contribution in [0.5, 0.6) is 23.0 Å². The zero-order chi connectivity index (χ0) is 92.9. The minimum atomic E-state index is -0.833. The smallest absolute Gasteiger partial charge is 0.497 e. The summed E-state index contributed by atoms with van der Waals surface area (Å²) in [6, 6.07) is 53.4. The van der Waals surface area contributed by atoms with Crippen molar-refractivity contribution in [1.29, 1.82) is 0 Å². The number of para-hydroxylation sites is 2. The maximum absolute atomic E-state index is 9.00. The predicted octanol–water partition coefficient (Wildman–Crippen LogP) is 18.7. The van der Waals surface area contributed by atoms with E-state index in [0.29, 0.717) is 11.5 Å². The Morgan fingerprint density at radius 2 is 0.710 bits per heavy atom. The van der Waals surface area contributed by atoms with Gasteiger partial charge >= 0.3 is 20.4 Å². The Morgan fingerprint density at radius 3 is 1.13 bits per heavy atom. The molecule has 0 unspecified atom stereocenters. The molecule has 12 rings (SSSR count). The Morgan fingerprint density at radius 1 is 0.344 bits per heavy atom. The predicted molar refractivity (Wildman–Crippen MR) is 517 cm³/mol. The molecule has 6 heterocycles. The van der Waals surface area contributed by atoms with Crippen molar-refractivity contribution in [3.8, 4) is 307 Å². The summed E-state index contributed by atoms with van der Waals surface area (Å²) in [5.74, 6) is 108. The van der Waals surface area contributed by atoms with Gasteiger partial charge in [0.25, 0.3) is 11.9 Å². The van der Waals surface area contributed by atoms with Gasteiger partial charge in [-0.15, -0.1) is 29.7 Å². The van der Waals surface area contributed by atoms with Gasteiger partial charge in [0.2, 0.25) is 0 Å². The van der Waals surface area contributed by atoms with E-state index in [0.717, 1.165) is 97.3 Å². The second-order valence-corrected chi connectivity index (χ2v) is 30.6. The first-order valence-corrected chi connectivity index (χ1v) is 39.3. The minimum Gasteiger partial charge on any atom is -0.497 e. The van der Waals surface area contributed by atoms with Crippen LogP contribution in [0, 0.1) is 273 Å². The van der Waals surface area contributed by atoms with Gasteiger partial charge < -0.3 is 29.1 Å². The van der Waals surface area contributed by atoms with E-state index in [-0.39, 0.29) is 62.5 Å². The molecule has 131 heavy (non-hydrogen) atoms. The van der Waals surface area contributed by atoms with Crippen molar-refractivity contribution < 1.29 is 70.1 Å². The third-order valence-corrected chi connectivity index (χ3v) is 17.0. The van der Waals surface area contributed by atoms with Crippen LogP contribution in [0.1, 0.15) is 126 Å². The van der Waals surface area contributed by atoms with Crippen LogP contribution in [0.25, 0.3) is 77.2 Å². The summed E-state index contributed by atoms with van der Waals surface area (Å²) < 4.78 is 17.3. The van der Waals surface area contributed by atoms with Crippen molar-refractivity contribution in [3.05, 3.63) is 205 Å². The number of benzene rings is 6. The van der Waals surface area contributed by atoms with Crippen LogP contribution in [0.4, 0.5) is 0 Å². The van der Waals surface area contributed by atoms with Crippen LogP contribution >= 0.6 is 0 Å². The number of imidazole rings is 2. The van der Waals surface area contributed by atoms with Gasteiger partial charge in [-0.2, -0.15) is 0 Å². The van der Waals surface area contributed by atoms with E-state index in [1.165, 1.54) is 27.5 Å². The number of carboxylic acids is 2. The molecule has 0 fully saturated rings. The zero-order valence-electron chi connectivity index (χ0n) is 74.1. The SMILES string of the molecule is C#CC#CC#CC#CC#CC#CC#CC#CC#CC#CC#CC#CC#CC#CC#CC#CC#CC#CC#CC#CC#CC#CC.CC(=O)O.CC(=O)O.CC(C)(C)c1cc(Oc2[c-]c3c(cc2)c2ccccc2n2ccnc32)[c-]c(-c2cc(C(C)(C)C)ccn2)c1.CC(C)(C)c1cc(Oc2ccc3c4ccccc4n4ccnc4c3c2)cc(-c2cc(C(C)(C)C)ccn2)c1.[Pd+2].[Pd]. The maximum atomic E-state index is 9.00. The molecule has 0 amide bonds. The zero-order valence-corrected chi connectivity index (χ0v) is 77.2. The summed E-state index contributed by atoms with van der Waals surface area (Å²) in [4.78, 5) is 36.7. The standard InChI is InChI=1S/C45H4.C34H33N3O.C34H31N3O.2C2H4O2.2Pd/c1-3-5-7-9-11-13-15-17-19-21-23-25-27-29-31-33-35-37-39-41-43-45-44-42-40-38-36-34-32-30-28-26-24-22-20-18-16-14-12-10-8-6-4-2;2*1-33(2,3)23-13-14-35-30(20-23)22-17-24(34(4,5)6)19-26(18-22)38-25-11-12-27-28-9-7-8-10-31(28)37-16-15-36-32(37)29(27)21-25;2*1-2(3)4;;/h1H,2H3;7-21H,1-6H3;7-17,19-20H,1-6H3;2*1H3,(H,3,4);;/q;;-2;;;;+2. The number of pyridine rings is 4. The summed E-state index contributed by atoms with van der Waals surface area (Å²) >= 11 is 0. The number of hydrogen-bond donors (Lipinski definition) is 2. The molecule has 0 saturated carbocycles. The fourth-order valence-corrected chi connectivity index (χ4v) is 11.2. The number of carbonyl (C=O) groups is 2. The first-order chi connectivity index (χ1) is 62.0. The van der Waals surface area contributed by atoms with Gasteiger partial charge in [0.05, 0.1) is 16.9 Å². The van der Waals surface area contributed by atoms with Gasteiger partial charge in [0.1, 0.15) is 17.1 Å². The van der Waals surface area contributed by atoms with Gasteiger partial charge in [-0.3, -0.25) is 24.0 Å². The number of fused-ring (bicyclic) bond motifs is 12. The van der Waals surface area contributed by atoms with Crippen LogP contribution in [0.3, 0.4) is 0 Å². The molecular formula is C117H76N6O6Pd2. The summed E-state index contributed by atoms with van der Waals surface area (Å²) in [6.07, 6.45) is 16.4. The molecule has 0 radical (unpaired) electrons. The molecule has 0 aliphatic carbocycles. The summed E-state index contributed by atoms with van der Waals surface area (Å²) in [5.41, 5.74) is 12.7. The van der Waals surface area contributed by atoms with Crippen molar-refractivity contribution in [1.82, 2.24) is 28.7 Å². The number of nitrogens with zero attached hydrogens (tertiary/aromatic N) is 6. The monoisotopic (exact) mass is 1870 g/mol. The van der Waals surface area contributed by atoms with E-state index < -0.39 is 11.9 Å². The molecule has 6 aromatic heterocycles. The van der Waals surface area contributed by atoms with Crippen LogP contribution in [-0.2, 0) is 72.1 Å². The molecule has 12 nitrogen and oxygen atoms in total. The Kier molecular flexibility index (Phi) is 40.6. The molecule has 0 atom stereocenters. The fraction of sp³-hybridized carbons (Fsp3) is 0.162. The van der Waals surface area contributed by atoms with Crippen molar-refractivity contribution in [3.63, 3.8) is 0 Å². The number of rotatable bonds is 6. The molecule has 6 aromatic carbocycles. The molecule has 12 aromatic rings. The number of terminal acetylenes is 1. The second kappa shape index (κ2) is 52.1. The van der Waals surface area contributed by atoms with E-state index in [4.69, 9.17) is 40.7 Å². The summed E-state index contributed by atoms with van der Waals surface area (Å²) in [6.45, 7) is 30.5. The second-order valence-electron chi connectivity index (χ2n) is 30.6. The van der Waals surface area contributed by atoms with Gasteiger partial charge in [0, 0.05) is 259 Å². The van der Waals surface area contributed by atoms with Crippen molar-refractivity contribution in [2.24, 2.45) is 0 Å². The number of aromatic nitrogens is 6. The van der Waals surface area contributed by atoms with E-state index in [1.807, 2.05) is 43.2 Å². The average molecular weight is 1870 g/mol. The molecule has 0 aliphatic heterocycles. The van der Waals surface area contributed by atoms with Gasteiger partial charge in [-0.05, 0) is 223 Å². The van der Waals surface area contributed by atoms with Crippen molar-refractivity contribution in [2.75, 3.05) is 0 Å². The first-order valence-electron chi connectivity index (χ1n) is 39.3. The summed E-state index contributed by atoms with van der Waals surface area (Å²) in [7, 11) is 0. The molecular weight excluding hydrogens is 1800 g/mol. The minimum absolute atomic E-state index is 0. The molecule has 0 spiro atoms. The number of aliphatic carboxylic acids is 2. The van der Waals surface area contributed by atoms with Crippen LogP contribution < -0.4 is 9.47 Å². The Labute approximate surface area is 796 Å². The first kappa shape index (κ1) is 102. The van der Waals surface area contributed by atoms with Gasteiger partial charge in [-0.1, -0.05) is 167 Å². The van der Waals surface area contributed by atoms with E-state index in [1.54, 1.807) is 6.92 Å².